The summed E-state index contributed by atoms with van der Waals surface area (Å²) in [5, 5.41) is 0. The number of piperazine rings is 1. The van der Waals surface area contributed by atoms with E-state index in [9.17, 15) is 8.42 Å². The lowest BCUT2D eigenvalue weighted by molar-refractivity contribution is 0.124. The summed E-state index contributed by atoms with van der Waals surface area (Å²) in [4.78, 5) is 2.16. The Morgan fingerprint density at radius 2 is 1.54 bits per heavy atom. The molecule has 0 saturated carbocycles. The van der Waals surface area contributed by atoms with Crippen molar-refractivity contribution in [2.75, 3.05) is 26.4 Å². The molecule has 1 aliphatic heterocycles. The average molecular weight is 206 g/mol. The zero-order valence-electron chi connectivity index (χ0n) is 8.69. The van der Waals surface area contributed by atoms with E-state index in [-0.39, 0.29) is 12.1 Å². The number of hydrogen-bond donors (Lipinski definition) is 0. The molecule has 0 aromatic carbocycles. The van der Waals surface area contributed by atoms with E-state index < -0.39 is 10.0 Å². The molecule has 5 heteroatoms. The first kappa shape index (κ1) is 10.9. The van der Waals surface area contributed by atoms with Crippen LogP contribution in [-0.2, 0) is 10.0 Å². The minimum Gasteiger partial charge on any atom is -0.303 e. The Morgan fingerprint density at radius 1 is 1.15 bits per heavy atom. The molecule has 1 heterocycles. The molecule has 13 heavy (non-hydrogen) atoms. The fourth-order valence-corrected chi connectivity index (χ4v) is 3.67. The number of nitrogens with zero attached hydrogens (tertiary/aromatic N) is 2. The first-order valence-electron chi connectivity index (χ1n) is 4.49. The predicted molar refractivity (Wildman–Crippen MR) is 53.1 cm³/mol. The first-order valence-corrected chi connectivity index (χ1v) is 6.34. The lowest BCUT2D eigenvalue weighted by Crippen LogP contribution is -2.57. The van der Waals surface area contributed by atoms with Gasteiger partial charge in [0, 0.05) is 25.2 Å². The molecule has 1 aliphatic rings. The van der Waals surface area contributed by atoms with E-state index in [1.807, 2.05) is 20.9 Å². The van der Waals surface area contributed by atoms with E-state index in [1.54, 1.807) is 4.31 Å². The number of rotatable bonds is 1. The van der Waals surface area contributed by atoms with E-state index in [1.165, 1.54) is 6.26 Å². The van der Waals surface area contributed by atoms with E-state index >= 15 is 0 Å². The zero-order valence-corrected chi connectivity index (χ0v) is 9.50. The van der Waals surface area contributed by atoms with Crippen LogP contribution in [0.4, 0.5) is 0 Å². The Hall–Kier alpha value is -0.130. The van der Waals surface area contributed by atoms with Crippen LogP contribution in [0.3, 0.4) is 0 Å². The second-order valence-electron chi connectivity index (χ2n) is 4.01. The molecule has 0 bridgehead atoms. The lowest BCUT2D eigenvalue weighted by atomic mass is 10.2. The molecule has 0 amide bonds. The fraction of sp³-hybridized carbons (Fsp3) is 1.00. The Morgan fingerprint density at radius 3 is 1.85 bits per heavy atom. The molecule has 0 aromatic heterocycles. The third kappa shape index (κ3) is 2.42. The van der Waals surface area contributed by atoms with Gasteiger partial charge in [-0.25, -0.2) is 8.42 Å². The molecule has 1 saturated heterocycles. The smallest absolute Gasteiger partial charge is 0.211 e. The van der Waals surface area contributed by atoms with Crippen molar-refractivity contribution in [2.45, 2.75) is 25.9 Å². The molecular weight excluding hydrogens is 188 g/mol. The van der Waals surface area contributed by atoms with Crippen molar-refractivity contribution in [1.82, 2.24) is 9.21 Å². The normalized spacial score (nSPS) is 33.5. The summed E-state index contributed by atoms with van der Waals surface area (Å²) in [6, 6.07) is 0.174. The average Bonchev–Trinajstić information content (AvgIpc) is 1.78. The van der Waals surface area contributed by atoms with Gasteiger partial charge in [-0.05, 0) is 20.9 Å². The van der Waals surface area contributed by atoms with Gasteiger partial charge in [0.05, 0.1) is 6.26 Å². The van der Waals surface area contributed by atoms with Crippen molar-refractivity contribution < 1.29 is 8.42 Å². The standard InChI is InChI=1S/C8H18N2O2S/c1-7-5-9(3)6-8(2)10(7)13(4,11)12/h7-8H,5-6H2,1-4H3. The Bertz CT molecular complexity index is 264. The molecule has 4 nitrogen and oxygen atoms in total. The minimum atomic E-state index is -3.04. The Balaban J connectivity index is 2.85. The maximum atomic E-state index is 11.4. The van der Waals surface area contributed by atoms with Crippen LogP contribution in [0.2, 0.25) is 0 Å². The predicted octanol–water partition coefficient (Wildman–Crippen LogP) is -0.0296. The van der Waals surface area contributed by atoms with Gasteiger partial charge >= 0.3 is 0 Å². The van der Waals surface area contributed by atoms with Crippen LogP contribution in [-0.4, -0.2) is 56.1 Å². The zero-order chi connectivity index (χ0) is 10.2. The number of likely N-dealkylation sites (N-methyl/N-ethyl adjacent to an activating group) is 1. The molecule has 0 radical (unpaired) electrons. The molecule has 0 spiro atoms. The van der Waals surface area contributed by atoms with Gasteiger partial charge in [0.1, 0.15) is 0 Å². The molecule has 0 aromatic rings. The molecular formula is C8H18N2O2S. The summed E-state index contributed by atoms with van der Waals surface area (Å²) in [5.74, 6) is 0. The third-order valence-electron chi connectivity index (χ3n) is 2.40. The summed E-state index contributed by atoms with van der Waals surface area (Å²) >= 11 is 0. The highest BCUT2D eigenvalue weighted by Crippen LogP contribution is 2.17. The van der Waals surface area contributed by atoms with Crippen LogP contribution in [0.25, 0.3) is 0 Å². The van der Waals surface area contributed by atoms with Crippen molar-refractivity contribution >= 4 is 10.0 Å². The van der Waals surface area contributed by atoms with Crippen LogP contribution >= 0.6 is 0 Å². The van der Waals surface area contributed by atoms with Gasteiger partial charge in [0.15, 0.2) is 0 Å². The highest BCUT2D eigenvalue weighted by molar-refractivity contribution is 7.88. The summed E-state index contributed by atoms with van der Waals surface area (Å²) in [6.07, 6.45) is 1.28. The molecule has 1 rings (SSSR count). The highest BCUT2D eigenvalue weighted by Gasteiger charge is 2.33. The van der Waals surface area contributed by atoms with Crippen LogP contribution in [0, 0.1) is 0 Å². The number of hydrogen-bond acceptors (Lipinski definition) is 3. The summed E-state index contributed by atoms with van der Waals surface area (Å²) in [6.45, 7) is 5.54. The first-order chi connectivity index (χ1) is 5.82. The van der Waals surface area contributed by atoms with Crippen LogP contribution in [0.1, 0.15) is 13.8 Å². The summed E-state index contributed by atoms with van der Waals surface area (Å²) in [5.41, 5.74) is 0. The van der Waals surface area contributed by atoms with Gasteiger partial charge < -0.3 is 4.90 Å². The maximum Gasteiger partial charge on any atom is 0.211 e. The minimum absolute atomic E-state index is 0.0868. The lowest BCUT2D eigenvalue weighted by Gasteiger charge is -2.41. The largest absolute Gasteiger partial charge is 0.303 e. The molecule has 2 unspecified atom stereocenters. The molecule has 78 valence electrons. The van der Waals surface area contributed by atoms with Crippen molar-refractivity contribution in [3.8, 4) is 0 Å². The molecule has 1 fully saturated rings. The van der Waals surface area contributed by atoms with Gasteiger partial charge in [-0.3, -0.25) is 0 Å². The van der Waals surface area contributed by atoms with Gasteiger partial charge in [0.2, 0.25) is 10.0 Å². The highest BCUT2D eigenvalue weighted by atomic mass is 32.2. The second-order valence-corrected chi connectivity index (χ2v) is 5.90. The molecule has 0 aliphatic carbocycles. The van der Waals surface area contributed by atoms with Crippen LogP contribution in [0.15, 0.2) is 0 Å². The van der Waals surface area contributed by atoms with Gasteiger partial charge in [-0.1, -0.05) is 0 Å². The number of sulfonamides is 1. The topological polar surface area (TPSA) is 40.6 Å². The second kappa shape index (κ2) is 3.55. The Kier molecular flexibility index (Phi) is 2.99. The van der Waals surface area contributed by atoms with E-state index in [0.717, 1.165) is 13.1 Å². The van der Waals surface area contributed by atoms with Crippen molar-refractivity contribution in [3.63, 3.8) is 0 Å². The van der Waals surface area contributed by atoms with Crippen LogP contribution in [0.5, 0.6) is 0 Å². The van der Waals surface area contributed by atoms with Crippen LogP contribution < -0.4 is 0 Å². The van der Waals surface area contributed by atoms with E-state index in [2.05, 4.69) is 4.90 Å². The van der Waals surface area contributed by atoms with Crippen molar-refractivity contribution in [1.29, 1.82) is 0 Å². The van der Waals surface area contributed by atoms with Crippen molar-refractivity contribution in [3.05, 3.63) is 0 Å². The quantitative estimate of drug-likeness (QED) is 0.605. The summed E-state index contributed by atoms with van der Waals surface area (Å²) in [7, 11) is -1.02. The maximum absolute atomic E-state index is 11.4. The van der Waals surface area contributed by atoms with E-state index in [0.29, 0.717) is 0 Å². The monoisotopic (exact) mass is 206 g/mol. The van der Waals surface area contributed by atoms with Gasteiger partial charge in [-0.2, -0.15) is 4.31 Å². The SMILES string of the molecule is CC1CN(C)CC(C)N1S(C)(=O)=O. The van der Waals surface area contributed by atoms with Crippen molar-refractivity contribution in [2.24, 2.45) is 0 Å². The fourth-order valence-electron chi connectivity index (χ4n) is 2.23. The molecule has 0 N–H and O–H groups in total. The third-order valence-corrected chi connectivity index (χ3v) is 3.89. The summed E-state index contributed by atoms with van der Waals surface area (Å²) < 4.78 is 24.4. The molecule has 2 atom stereocenters. The Labute approximate surface area is 80.6 Å². The van der Waals surface area contributed by atoms with E-state index in [4.69, 9.17) is 0 Å². The van der Waals surface area contributed by atoms with Gasteiger partial charge in [-0.15, -0.1) is 0 Å². The van der Waals surface area contributed by atoms with Gasteiger partial charge in [0.25, 0.3) is 0 Å².